The van der Waals surface area contributed by atoms with Crippen LogP contribution in [0.25, 0.3) is 11.6 Å². The van der Waals surface area contributed by atoms with Crippen LogP contribution in [-0.4, -0.2) is 27.1 Å². The number of nitrogens with one attached hydrogen (secondary N) is 1. The zero-order valence-electron chi connectivity index (χ0n) is 12.8. The molecule has 0 bridgehead atoms. The first kappa shape index (κ1) is 15.7. The molecule has 3 aromatic rings. The molecule has 118 valence electrons. The van der Waals surface area contributed by atoms with E-state index in [1.54, 1.807) is 25.3 Å². The van der Waals surface area contributed by atoms with Gasteiger partial charge in [-0.3, -0.25) is 10.1 Å². The highest BCUT2D eigenvalue weighted by Crippen LogP contribution is 2.26. The standard InChI is InChI=1S/C15H14N4O2S2/c1-8-7-23-15(16-8)19-13(20)11-9(2)17-12(18-14(11)22-3)10-5-4-6-21-10/h4-7H,1-3H3,(H,16,19,20). The maximum Gasteiger partial charge on any atom is 0.262 e. The van der Waals surface area contributed by atoms with Gasteiger partial charge in [0.2, 0.25) is 0 Å². The second-order valence-electron chi connectivity index (χ2n) is 4.74. The molecule has 0 radical (unpaired) electrons. The van der Waals surface area contributed by atoms with Crippen molar-refractivity contribution < 1.29 is 9.21 Å². The van der Waals surface area contributed by atoms with Crippen LogP contribution in [0, 0.1) is 13.8 Å². The molecule has 0 aliphatic heterocycles. The molecular formula is C15H14N4O2S2. The molecule has 0 saturated heterocycles. The average Bonchev–Trinajstić information content (AvgIpc) is 3.18. The Bertz CT molecular complexity index is 843. The third-order valence-corrected chi connectivity index (χ3v) is 4.62. The SMILES string of the molecule is CSc1nc(-c2ccco2)nc(C)c1C(=O)Nc1nc(C)cs1. The van der Waals surface area contributed by atoms with E-state index in [4.69, 9.17) is 4.42 Å². The van der Waals surface area contributed by atoms with E-state index in [0.717, 1.165) is 5.69 Å². The minimum atomic E-state index is -0.257. The first-order valence-corrected chi connectivity index (χ1v) is 8.89. The third-order valence-electron chi connectivity index (χ3n) is 3.06. The highest BCUT2D eigenvalue weighted by molar-refractivity contribution is 7.98. The first-order chi connectivity index (χ1) is 11.1. The number of hydrogen-bond donors (Lipinski definition) is 1. The van der Waals surface area contributed by atoms with Gasteiger partial charge in [0.25, 0.3) is 5.91 Å². The van der Waals surface area contributed by atoms with E-state index in [1.165, 1.54) is 23.1 Å². The summed E-state index contributed by atoms with van der Waals surface area (Å²) in [4.78, 5) is 25.6. The monoisotopic (exact) mass is 346 g/mol. The van der Waals surface area contributed by atoms with Gasteiger partial charge in [0.15, 0.2) is 16.7 Å². The molecule has 0 saturated carbocycles. The molecule has 3 heterocycles. The predicted octanol–water partition coefficient (Wildman–Crippen LogP) is 3.78. The van der Waals surface area contributed by atoms with E-state index in [2.05, 4.69) is 20.3 Å². The van der Waals surface area contributed by atoms with Crippen LogP contribution in [0.2, 0.25) is 0 Å². The van der Waals surface area contributed by atoms with E-state index in [9.17, 15) is 4.79 Å². The zero-order valence-corrected chi connectivity index (χ0v) is 14.4. The summed E-state index contributed by atoms with van der Waals surface area (Å²) in [6.45, 7) is 3.67. The molecule has 0 aliphatic carbocycles. The Morgan fingerprint density at radius 1 is 1.30 bits per heavy atom. The molecule has 0 aliphatic rings. The Morgan fingerprint density at radius 2 is 2.13 bits per heavy atom. The zero-order chi connectivity index (χ0) is 16.4. The van der Waals surface area contributed by atoms with Crippen LogP contribution in [0.3, 0.4) is 0 Å². The summed E-state index contributed by atoms with van der Waals surface area (Å²) < 4.78 is 5.33. The predicted molar refractivity (Wildman–Crippen MR) is 91.1 cm³/mol. The summed E-state index contributed by atoms with van der Waals surface area (Å²) in [7, 11) is 0. The van der Waals surface area contributed by atoms with Gasteiger partial charge in [-0.25, -0.2) is 15.0 Å². The van der Waals surface area contributed by atoms with E-state index in [0.29, 0.717) is 33.0 Å². The lowest BCUT2D eigenvalue weighted by atomic mass is 10.2. The normalized spacial score (nSPS) is 10.7. The Labute approximate surface area is 141 Å². The number of aromatic nitrogens is 3. The molecule has 0 fully saturated rings. The summed E-state index contributed by atoms with van der Waals surface area (Å²) in [5, 5.41) is 5.85. The maximum atomic E-state index is 12.6. The molecule has 0 atom stereocenters. The van der Waals surface area contributed by atoms with Crippen LogP contribution >= 0.6 is 23.1 Å². The molecule has 1 amide bonds. The quantitative estimate of drug-likeness (QED) is 0.572. The number of carbonyl (C=O) groups excluding carboxylic acids is 1. The molecule has 23 heavy (non-hydrogen) atoms. The number of rotatable bonds is 4. The van der Waals surface area contributed by atoms with E-state index in [-0.39, 0.29) is 5.91 Å². The van der Waals surface area contributed by atoms with Crippen molar-refractivity contribution in [1.29, 1.82) is 0 Å². The number of nitrogens with zero attached hydrogens (tertiary/aromatic N) is 3. The maximum absolute atomic E-state index is 12.6. The number of thiazole rings is 1. The summed E-state index contributed by atoms with van der Waals surface area (Å²) in [6, 6.07) is 3.56. The number of furan rings is 1. The fourth-order valence-corrected chi connectivity index (χ4v) is 3.35. The number of anilines is 1. The second-order valence-corrected chi connectivity index (χ2v) is 6.40. The summed E-state index contributed by atoms with van der Waals surface area (Å²) in [5.74, 6) is 0.789. The number of hydrogen-bond acceptors (Lipinski definition) is 7. The Morgan fingerprint density at radius 3 is 2.74 bits per heavy atom. The fourth-order valence-electron chi connectivity index (χ4n) is 2.04. The number of amides is 1. The van der Waals surface area contributed by atoms with Crippen LogP contribution in [0.5, 0.6) is 0 Å². The Hall–Kier alpha value is -2.19. The molecule has 1 N–H and O–H groups in total. The topological polar surface area (TPSA) is 80.9 Å². The molecule has 0 spiro atoms. The Kier molecular flexibility index (Phi) is 4.44. The van der Waals surface area contributed by atoms with Gasteiger partial charge in [-0.2, -0.15) is 0 Å². The van der Waals surface area contributed by atoms with Gasteiger partial charge in [0, 0.05) is 5.38 Å². The minimum absolute atomic E-state index is 0.257. The fraction of sp³-hybridized carbons (Fsp3) is 0.200. The summed E-state index contributed by atoms with van der Waals surface area (Å²) in [6.07, 6.45) is 3.44. The van der Waals surface area contributed by atoms with Crippen LogP contribution in [0.1, 0.15) is 21.7 Å². The van der Waals surface area contributed by atoms with Crippen LogP contribution in [0.15, 0.2) is 33.2 Å². The van der Waals surface area contributed by atoms with Gasteiger partial charge in [0.05, 0.1) is 23.2 Å². The first-order valence-electron chi connectivity index (χ1n) is 6.78. The number of carbonyl (C=O) groups is 1. The van der Waals surface area contributed by atoms with Crippen LogP contribution < -0.4 is 5.32 Å². The summed E-state index contributed by atoms with van der Waals surface area (Å²) >= 11 is 2.78. The van der Waals surface area contributed by atoms with Gasteiger partial charge in [-0.05, 0) is 32.2 Å². The van der Waals surface area contributed by atoms with Crippen LogP contribution in [0.4, 0.5) is 5.13 Å². The Balaban J connectivity index is 1.96. The number of thioether (sulfide) groups is 1. The lowest BCUT2D eigenvalue weighted by molar-refractivity contribution is 0.102. The van der Waals surface area contributed by atoms with E-state index in [1.807, 2.05) is 18.6 Å². The van der Waals surface area contributed by atoms with Crippen molar-refractivity contribution in [3.05, 3.63) is 40.7 Å². The van der Waals surface area contributed by atoms with Crippen molar-refractivity contribution >= 4 is 34.1 Å². The smallest absolute Gasteiger partial charge is 0.262 e. The van der Waals surface area contributed by atoms with Gasteiger partial charge >= 0.3 is 0 Å². The molecular weight excluding hydrogens is 332 g/mol. The van der Waals surface area contributed by atoms with Crippen molar-refractivity contribution in [3.63, 3.8) is 0 Å². The highest BCUT2D eigenvalue weighted by Gasteiger charge is 2.20. The lowest BCUT2D eigenvalue weighted by Crippen LogP contribution is -2.16. The molecule has 0 aromatic carbocycles. The second kappa shape index (κ2) is 6.51. The van der Waals surface area contributed by atoms with E-state index < -0.39 is 0 Å². The van der Waals surface area contributed by atoms with Crippen molar-refractivity contribution in [2.75, 3.05) is 11.6 Å². The lowest BCUT2D eigenvalue weighted by Gasteiger charge is -2.10. The van der Waals surface area contributed by atoms with Crippen molar-refractivity contribution in [2.45, 2.75) is 18.9 Å². The van der Waals surface area contributed by atoms with Gasteiger partial charge in [-0.1, -0.05) is 0 Å². The van der Waals surface area contributed by atoms with Gasteiger partial charge < -0.3 is 4.42 Å². The third kappa shape index (κ3) is 3.27. The molecule has 6 nitrogen and oxygen atoms in total. The van der Waals surface area contributed by atoms with Gasteiger partial charge in [0.1, 0.15) is 5.03 Å². The molecule has 3 aromatic heterocycles. The average molecular weight is 346 g/mol. The highest BCUT2D eigenvalue weighted by atomic mass is 32.2. The largest absolute Gasteiger partial charge is 0.461 e. The van der Waals surface area contributed by atoms with Crippen LogP contribution in [-0.2, 0) is 0 Å². The van der Waals surface area contributed by atoms with Crippen molar-refractivity contribution in [1.82, 2.24) is 15.0 Å². The van der Waals surface area contributed by atoms with Gasteiger partial charge in [-0.15, -0.1) is 23.1 Å². The minimum Gasteiger partial charge on any atom is -0.461 e. The number of aryl methyl sites for hydroxylation is 2. The molecule has 8 heteroatoms. The molecule has 0 unspecified atom stereocenters. The van der Waals surface area contributed by atoms with Crippen molar-refractivity contribution in [2.24, 2.45) is 0 Å². The molecule has 3 rings (SSSR count). The summed E-state index contributed by atoms with van der Waals surface area (Å²) in [5.41, 5.74) is 1.93. The van der Waals surface area contributed by atoms with Crippen molar-refractivity contribution in [3.8, 4) is 11.6 Å². The van der Waals surface area contributed by atoms with E-state index >= 15 is 0 Å².